The van der Waals surface area contributed by atoms with Crippen molar-refractivity contribution in [3.05, 3.63) is 66.0 Å². The number of benzene rings is 1. The first-order valence-electron chi connectivity index (χ1n) is 6.63. The van der Waals surface area contributed by atoms with Crippen LogP contribution in [0.3, 0.4) is 0 Å². The Hall–Kier alpha value is -2.50. The summed E-state index contributed by atoms with van der Waals surface area (Å²) in [6, 6.07) is 13.6. The predicted molar refractivity (Wildman–Crippen MR) is 81.7 cm³/mol. The number of aromatic nitrogens is 2. The standard InChI is InChI=1S/C16H16N4O/c1-21-16-13(6-4-8-18-16)15(20-17)12-9-11-5-2-3-7-14(11)19-10-12/h2-10,15,20H,17H2,1H3. The van der Waals surface area contributed by atoms with E-state index in [1.165, 1.54) is 0 Å². The molecule has 0 aliphatic heterocycles. The van der Waals surface area contributed by atoms with Gasteiger partial charge in [-0.15, -0.1) is 0 Å². The third kappa shape index (κ3) is 2.56. The third-order valence-corrected chi connectivity index (χ3v) is 3.42. The van der Waals surface area contributed by atoms with Crippen molar-refractivity contribution in [1.82, 2.24) is 15.4 Å². The van der Waals surface area contributed by atoms with Crippen molar-refractivity contribution >= 4 is 10.9 Å². The highest BCUT2D eigenvalue weighted by atomic mass is 16.5. The molecule has 0 amide bonds. The molecule has 21 heavy (non-hydrogen) atoms. The number of methoxy groups -OCH3 is 1. The summed E-state index contributed by atoms with van der Waals surface area (Å²) >= 11 is 0. The van der Waals surface area contributed by atoms with Crippen molar-refractivity contribution in [3.63, 3.8) is 0 Å². The molecule has 1 atom stereocenters. The predicted octanol–water partition coefficient (Wildman–Crippen LogP) is 2.19. The third-order valence-electron chi connectivity index (χ3n) is 3.42. The summed E-state index contributed by atoms with van der Waals surface area (Å²) in [7, 11) is 1.60. The Morgan fingerprint density at radius 1 is 1.14 bits per heavy atom. The first kappa shape index (κ1) is 13.5. The normalized spacial score (nSPS) is 12.3. The maximum absolute atomic E-state index is 5.74. The first-order chi connectivity index (χ1) is 10.3. The minimum atomic E-state index is -0.231. The van der Waals surface area contributed by atoms with Crippen LogP contribution < -0.4 is 16.0 Å². The van der Waals surface area contributed by atoms with Gasteiger partial charge in [-0.05, 0) is 23.8 Å². The summed E-state index contributed by atoms with van der Waals surface area (Å²) in [5.41, 5.74) is 5.60. The van der Waals surface area contributed by atoms with Crippen LogP contribution in [0.4, 0.5) is 0 Å². The zero-order valence-corrected chi connectivity index (χ0v) is 11.7. The lowest BCUT2D eigenvalue weighted by Gasteiger charge is -2.18. The van der Waals surface area contributed by atoms with Crippen molar-refractivity contribution in [2.24, 2.45) is 5.84 Å². The molecule has 2 heterocycles. The second-order valence-corrected chi connectivity index (χ2v) is 4.66. The van der Waals surface area contributed by atoms with Gasteiger partial charge in [0.05, 0.1) is 18.7 Å². The van der Waals surface area contributed by atoms with E-state index in [2.05, 4.69) is 21.5 Å². The molecule has 0 aliphatic carbocycles. The number of ether oxygens (including phenoxy) is 1. The van der Waals surface area contributed by atoms with E-state index >= 15 is 0 Å². The van der Waals surface area contributed by atoms with Gasteiger partial charge in [-0.1, -0.05) is 24.3 Å². The van der Waals surface area contributed by atoms with Crippen LogP contribution in [-0.2, 0) is 0 Å². The molecule has 0 saturated heterocycles. The number of hydrazine groups is 1. The van der Waals surface area contributed by atoms with Crippen molar-refractivity contribution in [2.45, 2.75) is 6.04 Å². The zero-order chi connectivity index (χ0) is 14.7. The molecular weight excluding hydrogens is 264 g/mol. The molecule has 5 nitrogen and oxygen atoms in total. The van der Waals surface area contributed by atoms with E-state index < -0.39 is 0 Å². The van der Waals surface area contributed by atoms with Crippen LogP contribution in [0.15, 0.2) is 54.9 Å². The number of nitrogens with one attached hydrogen (secondary N) is 1. The van der Waals surface area contributed by atoms with Crippen LogP contribution in [-0.4, -0.2) is 17.1 Å². The van der Waals surface area contributed by atoms with Gasteiger partial charge in [-0.25, -0.2) is 10.4 Å². The molecule has 0 saturated carbocycles. The Morgan fingerprint density at radius 2 is 2.00 bits per heavy atom. The van der Waals surface area contributed by atoms with Crippen LogP contribution in [0.25, 0.3) is 10.9 Å². The number of pyridine rings is 2. The van der Waals surface area contributed by atoms with E-state index in [0.29, 0.717) is 5.88 Å². The summed E-state index contributed by atoms with van der Waals surface area (Å²) in [5, 5.41) is 1.07. The smallest absolute Gasteiger partial charge is 0.218 e. The molecule has 3 aromatic rings. The average Bonchev–Trinajstić information content (AvgIpc) is 2.56. The molecular formula is C16H16N4O. The Bertz CT molecular complexity index is 760. The van der Waals surface area contributed by atoms with Crippen LogP contribution in [0.5, 0.6) is 5.88 Å². The quantitative estimate of drug-likeness (QED) is 0.566. The molecule has 3 N–H and O–H groups in total. The van der Waals surface area contributed by atoms with Crippen molar-refractivity contribution < 1.29 is 4.74 Å². The van der Waals surface area contributed by atoms with Gasteiger partial charge in [-0.2, -0.15) is 0 Å². The van der Waals surface area contributed by atoms with Gasteiger partial charge in [-0.3, -0.25) is 10.8 Å². The number of rotatable bonds is 4. The van der Waals surface area contributed by atoms with E-state index in [1.54, 1.807) is 13.3 Å². The highest BCUT2D eigenvalue weighted by Crippen LogP contribution is 2.28. The average molecular weight is 280 g/mol. The van der Waals surface area contributed by atoms with Gasteiger partial charge in [0.25, 0.3) is 0 Å². The highest BCUT2D eigenvalue weighted by molar-refractivity contribution is 5.79. The lowest BCUT2D eigenvalue weighted by atomic mass is 10.0. The Labute approximate surface area is 122 Å². The van der Waals surface area contributed by atoms with Crippen molar-refractivity contribution in [1.29, 1.82) is 0 Å². The molecule has 3 rings (SSSR count). The summed E-state index contributed by atoms with van der Waals surface area (Å²) in [5.74, 6) is 6.29. The van der Waals surface area contributed by atoms with Crippen LogP contribution in [0.2, 0.25) is 0 Å². The Morgan fingerprint density at radius 3 is 2.81 bits per heavy atom. The molecule has 106 valence electrons. The van der Waals surface area contributed by atoms with Gasteiger partial charge in [0, 0.05) is 23.3 Å². The Balaban J connectivity index is 2.09. The highest BCUT2D eigenvalue weighted by Gasteiger charge is 2.18. The SMILES string of the molecule is COc1ncccc1C(NN)c1cnc2ccccc2c1. The second kappa shape index (κ2) is 5.87. The second-order valence-electron chi connectivity index (χ2n) is 4.66. The van der Waals surface area contributed by atoms with Gasteiger partial charge in [0.15, 0.2) is 0 Å². The van der Waals surface area contributed by atoms with E-state index in [9.17, 15) is 0 Å². The summed E-state index contributed by atoms with van der Waals surface area (Å²) < 4.78 is 5.31. The van der Waals surface area contributed by atoms with Gasteiger partial charge < -0.3 is 4.74 Å². The maximum atomic E-state index is 5.74. The number of nitrogens with two attached hydrogens (primary N) is 1. The van der Waals surface area contributed by atoms with E-state index in [4.69, 9.17) is 10.6 Å². The number of fused-ring (bicyclic) bond motifs is 1. The summed E-state index contributed by atoms with van der Waals surface area (Å²) in [4.78, 5) is 8.69. The monoisotopic (exact) mass is 280 g/mol. The van der Waals surface area contributed by atoms with Crippen LogP contribution in [0.1, 0.15) is 17.2 Å². The Kier molecular flexibility index (Phi) is 3.77. The largest absolute Gasteiger partial charge is 0.481 e. The lowest BCUT2D eigenvalue weighted by Crippen LogP contribution is -2.29. The molecule has 0 spiro atoms. The van der Waals surface area contributed by atoms with Gasteiger partial charge in [0.1, 0.15) is 0 Å². The van der Waals surface area contributed by atoms with Gasteiger partial charge >= 0.3 is 0 Å². The van der Waals surface area contributed by atoms with Crippen molar-refractivity contribution in [2.75, 3.05) is 7.11 Å². The fourth-order valence-electron chi connectivity index (χ4n) is 2.41. The lowest BCUT2D eigenvalue weighted by molar-refractivity contribution is 0.387. The zero-order valence-electron chi connectivity index (χ0n) is 11.7. The molecule has 0 fully saturated rings. The molecule has 0 aliphatic rings. The fraction of sp³-hybridized carbons (Fsp3) is 0.125. The first-order valence-corrected chi connectivity index (χ1v) is 6.63. The fourth-order valence-corrected chi connectivity index (χ4v) is 2.41. The van der Waals surface area contributed by atoms with E-state index in [0.717, 1.165) is 22.0 Å². The summed E-state index contributed by atoms with van der Waals surface area (Å²) in [6.07, 6.45) is 3.51. The van der Waals surface area contributed by atoms with Crippen LogP contribution in [0, 0.1) is 0 Å². The number of para-hydroxylation sites is 1. The van der Waals surface area contributed by atoms with Gasteiger partial charge in [0.2, 0.25) is 5.88 Å². The summed E-state index contributed by atoms with van der Waals surface area (Å²) in [6.45, 7) is 0. The molecule has 5 heteroatoms. The van der Waals surface area contributed by atoms with E-state index in [-0.39, 0.29) is 6.04 Å². The molecule has 2 aromatic heterocycles. The number of hydrogen-bond acceptors (Lipinski definition) is 5. The topological polar surface area (TPSA) is 73.1 Å². The molecule has 1 aromatic carbocycles. The molecule has 1 unspecified atom stereocenters. The maximum Gasteiger partial charge on any atom is 0.218 e. The number of hydrogen-bond donors (Lipinski definition) is 2. The minimum absolute atomic E-state index is 0.231. The number of nitrogens with zero attached hydrogens (tertiary/aromatic N) is 2. The molecule has 0 radical (unpaired) electrons. The minimum Gasteiger partial charge on any atom is -0.481 e. The molecule has 0 bridgehead atoms. The van der Waals surface area contributed by atoms with E-state index in [1.807, 2.05) is 42.6 Å². The van der Waals surface area contributed by atoms with Crippen molar-refractivity contribution in [3.8, 4) is 5.88 Å². The van der Waals surface area contributed by atoms with Crippen LogP contribution >= 0.6 is 0 Å².